The molecule has 6 heteroatoms. The number of hydrogen-bond acceptors (Lipinski definition) is 4. The largest absolute Gasteiger partial charge is 0.507 e. The summed E-state index contributed by atoms with van der Waals surface area (Å²) in [6, 6.07) is 18.0. The molecule has 0 amide bonds. The normalized spacial score (nSPS) is 12.5. The molecule has 0 aliphatic rings. The zero-order valence-corrected chi connectivity index (χ0v) is 16.9. The molecule has 0 saturated carbocycles. The quantitative estimate of drug-likeness (QED) is 0.454. The Hall–Kier alpha value is -3.25. The maximum absolute atomic E-state index is 14.4. The summed E-state index contributed by atoms with van der Waals surface area (Å²) in [6.07, 6.45) is 1.61. The first-order chi connectivity index (χ1) is 14.0. The van der Waals surface area contributed by atoms with Gasteiger partial charge in [-0.2, -0.15) is 5.10 Å². The standard InChI is InChI=1S/C23H20FN3OS/c1-15(2)26-23-27(21(14-29-23)18-9-5-6-10-20(18)24)25-13-19-17-8-4-3-7-16(17)11-12-22(19)28/h3-15,28H,1-2H3. The van der Waals surface area contributed by atoms with Gasteiger partial charge in [0.1, 0.15) is 11.6 Å². The van der Waals surface area contributed by atoms with Gasteiger partial charge in [-0.05, 0) is 42.8 Å². The molecule has 29 heavy (non-hydrogen) atoms. The summed E-state index contributed by atoms with van der Waals surface area (Å²) in [5.41, 5.74) is 1.67. The molecule has 0 spiro atoms. The van der Waals surface area contributed by atoms with E-state index in [4.69, 9.17) is 0 Å². The lowest BCUT2D eigenvalue weighted by Gasteiger charge is -2.07. The first kappa shape index (κ1) is 19.1. The van der Waals surface area contributed by atoms with Gasteiger partial charge in [-0.15, -0.1) is 11.3 Å². The average molecular weight is 405 g/mol. The van der Waals surface area contributed by atoms with Crippen molar-refractivity contribution in [3.63, 3.8) is 0 Å². The van der Waals surface area contributed by atoms with E-state index in [1.807, 2.05) is 49.6 Å². The minimum Gasteiger partial charge on any atom is -0.507 e. The van der Waals surface area contributed by atoms with Crippen LogP contribution in [0.4, 0.5) is 4.39 Å². The summed E-state index contributed by atoms with van der Waals surface area (Å²) in [4.78, 5) is 5.28. The second-order valence-corrected chi connectivity index (χ2v) is 7.72. The molecule has 1 aromatic heterocycles. The van der Waals surface area contributed by atoms with Gasteiger partial charge in [0.2, 0.25) is 4.80 Å². The van der Waals surface area contributed by atoms with Crippen LogP contribution < -0.4 is 4.80 Å². The van der Waals surface area contributed by atoms with Crippen LogP contribution in [0.25, 0.3) is 22.0 Å². The van der Waals surface area contributed by atoms with E-state index in [1.165, 1.54) is 17.4 Å². The minimum absolute atomic E-state index is 0.0644. The van der Waals surface area contributed by atoms with Crippen molar-refractivity contribution < 1.29 is 9.50 Å². The fourth-order valence-electron chi connectivity index (χ4n) is 3.11. The molecule has 146 valence electrons. The van der Waals surface area contributed by atoms with Crippen molar-refractivity contribution in [1.82, 2.24) is 4.68 Å². The van der Waals surface area contributed by atoms with Crippen molar-refractivity contribution in [3.05, 3.63) is 82.2 Å². The Kier molecular flexibility index (Phi) is 5.27. The molecule has 0 unspecified atom stereocenters. The Labute approximate surface area is 171 Å². The monoisotopic (exact) mass is 405 g/mol. The zero-order chi connectivity index (χ0) is 20.4. The number of aromatic hydroxyl groups is 1. The highest BCUT2D eigenvalue weighted by atomic mass is 32.1. The van der Waals surface area contributed by atoms with Crippen LogP contribution in [-0.4, -0.2) is 22.0 Å². The highest BCUT2D eigenvalue weighted by Crippen LogP contribution is 2.26. The molecule has 4 rings (SSSR count). The third-order valence-corrected chi connectivity index (χ3v) is 5.28. The van der Waals surface area contributed by atoms with E-state index in [-0.39, 0.29) is 17.6 Å². The molecule has 0 fully saturated rings. The molecular formula is C23H20FN3OS. The molecule has 0 radical (unpaired) electrons. The van der Waals surface area contributed by atoms with E-state index in [9.17, 15) is 9.50 Å². The average Bonchev–Trinajstić information content (AvgIpc) is 3.09. The lowest BCUT2D eigenvalue weighted by atomic mass is 10.0. The summed E-state index contributed by atoms with van der Waals surface area (Å²) in [5, 5.41) is 18.7. The highest BCUT2D eigenvalue weighted by Gasteiger charge is 2.12. The van der Waals surface area contributed by atoms with E-state index < -0.39 is 0 Å². The molecule has 1 N–H and O–H groups in total. The second kappa shape index (κ2) is 8.01. The van der Waals surface area contributed by atoms with Crippen molar-refractivity contribution in [1.29, 1.82) is 0 Å². The van der Waals surface area contributed by atoms with Gasteiger partial charge in [-0.3, -0.25) is 4.99 Å². The lowest BCUT2D eigenvalue weighted by molar-refractivity contribution is 0.475. The smallest absolute Gasteiger partial charge is 0.206 e. The van der Waals surface area contributed by atoms with Crippen LogP contribution in [0.3, 0.4) is 0 Å². The van der Waals surface area contributed by atoms with Crippen molar-refractivity contribution in [2.75, 3.05) is 0 Å². The number of phenolic OH excluding ortho intramolecular Hbond substituents is 1. The Bertz CT molecular complexity index is 1270. The van der Waals surface area contributed by atoms with Crippen LogP contribution >= 0.6 is 11.3 Å². The molecule has 0 bridgehead atoms. The first-order valence-corrected chi connectivity index (χ1v) is 10.2. The third-order valence-electron chi connectivity index (χ3n) is 4.45. The maximum atomic E-state index is 14.4. The molecule has 1 heterocycles. The van der Waals surface area contributed by atoms with E-state index >= 15 is 0 Å². The number of fused-ring (bicyclic) bond motifs is 1. The fraction of sp³-hybridized carbons (Fsp3) is 0.130. The highest BCUT2D eigenvalue weighted by molar-refractivity contribution is 7.07. The fourth-order valence-corrected chi connectivity index (χ4v) is 4.07. The van der Waals surface area contributed by atoms with Crippen LogP contribution in [0.2, 0.25) is 0 Å². The predicted molar refractivity (Wildman–Crippen MR) is 117 cm³/mol. The number of aromatic nitrogens is 1. The molecule has 0 aliphatic heterocycles. The summed E-state index contributed by atoms with van der Waals surface area (Å²) < 4.78 is 16.1. The Morgan fingerprint density at radius 2 is 1.79 bits per heavy atom. The van der Waals surface area contributed by atoms with Crippen LogP contribution in [0, 0.1) is 5.82 Å². The number of hydrogen-bond donors (Lipinski definition) is 1. The number of nitrogens with zero attached hydrogens (tertiary/aromatic N) is 3. The number of rotatable bonds is 4. The number of benzene rings is 3. The first-order valence-electron chi connectivity index (χ1n) is 9.29. The van der Waals surface area contributed by atoms with Gasteiger partial charge in [0.15, 0.2) is 0 Å². The van der Waals surface area contributed by atoms with Crippen LogP contribution in [-0.2, 0) is 0 Å². The van der Waals surface area contributed by atoms with Crippen LogP contribution in [0.15, 0.2) is 76.1 Å². The second-order valence-electron chi connectivity index (χ2n) is 6.88. The number of phenols is 1. The van der Waals surface area contributed by atoms with Crippen molar-refractivity contribution in [2.24, 2.45) is 10.1 Å². The van der Waals surface area contributed by atoms with Gasteiger partial charge in [0.25, 0.3) is 0 Å². The van der Waals surface area contributed by atoms with Gasteiger partial charge in [-0.25, -0.2) is 9.07 Å². The van der Waals surface area contributed by atoms with Gasteiger partial charge >= 0.3 is 0 Å². The lowest BCUT2D eigenvalue weighted by Crippen LogP contribution is -2.14. The Balaban J connectivity index is 1.91. The number of halogens is 1. The molecule has 4 aromatic rings. The molecule has 0 aliphatic carbocycles. The predicted octanol–water partition coefficient (Wildman–Crippen LogP) is 5.41. The van der Waals surface area contributed by atoms with Gasteiger partial charge < -0.3 is 5.11 Å². The SMILES string of the molecule is CC(C)N=c1scc(-c2ccccc2F)n1N=Cc1c(O)ccc2ccccc12. The topological polar surface area (TPSA) is 49.9 Å². The molecular weight excluding hydrogens is 385 g/mol. The van der Waals surface area contributed by atoms with E-state index in [0.717, 1.165) is 10.8 Å². The van der Waals surface area contributed by atoms with E-state index in [0.29, 0.717) is 21.6 Å². The van der Waals surface area contributed by atoms with Crippen molar-refractivity contribution >= 4 is 28.3 Å². The molecule has 0 atom stereocenters. The molecule has 0 saturated heterocycles. The summed E-state index contributed by atoms with van der Waals surface area (Å²) in [5.74, 6) is -0.184. The van der Waals surface area contributed by atoms with Gasteiger partial charge in [0.05, 0.1) is 11.9 Å². The van der Waals surface area contributed by atoms with Gasteiger partial charge in [-0.1, -0.05) is 42.5 Å². The van der Waals surface area contributed by atoms with Gasteiger partial charge in [0, 0.05) is 22.5 Å². The third kappa shape index (κ3) is 3.84. The van der Waals surface area contributed by atoms with Crippen LogP contribution in [0.1, 0.15) is 19.4 Å². The van der Waals surface area contributed by atoms with Crippen molar-refractivity contribution in [2.45, 2.75) is 19.9 Å². The Morgan fingerprint density at radius 3 is 2.59 bits per heavy atom. The zero-order valence-electron chi connectivity index (χ0n) is 16.1. The molecule has 4 nitrogen and oxygen atoms in total. The van der Waals surface area contributed by atoms with E-state index in [1.54, 1.807) is 35.2 Å². The van der Waals surface area contributed by atoms with Crippen molar-refractivity contribution in [3.8, 4) is 17.0 Å². The minimum atomic E-state index is -0.321. The van der Waals surface area contributed by atoms with E-state index in [2.05, 4.69) is 10.1 Å². The number of thiazole rings is 1. The van der Waals surface area contributed by atoms with Crippen LogP contribution in [0.5, 0.6) is 5.75 Å². The maximum Gasteiger partial charge on any atom is 0.206 e. The summed E-state index contributed by atoms with van der Waals surface area (Å²) >= 11 is 1.40. The Morgan fingerprint density at radius 1 is 1.03 bits per heavy atom. The summed E-state index contributed by atoms with van der Waals surface area (Å²) in [6.45, 7) is 3.96. The summed E-state index contributed by atoms with van der Waals surface area (Å²) in [7, 11) is 0. The molecule has 3 aromatic carbocycles.